The predicted molar refractivity (Wildman–Crippen MR) is 34.3 cm³/mol. The maximum Gasteiger partial charge on any atom is 0.277 e. The molecule has 0 N–H and O–H groups in total. The second-order valence-corrected chi connectivity index (χ2v) is 1.93. The zero-order valence-corrected chi connectivity index (χ0v) is 5.62. The smallest absolute Gasteiger partial charge is 0.277 e. The van der Waals surface area contributed by atoms with E-state index < -0.39 is 28.6 Å². The lowest BCUT2D eigenvalue weighted by molar-refractivity contribution is -0.146. The quantitative estimate of drug-likeness (QED) is 0.156. The highest BCUT2D eigenvalue weighted by molar-refractivity contribution is 6.85. The van der Waals surface area contributed by atoms with Crippen molar-refractivity contribution in [1.82, 2.24) is 0 Å². The Morgan fingerprint density at radius 3 is 2.08 bits per heavy atom. The summed E-state index contributed by atoms with van der Waals surface area (Å²) in [5.74, 6) is -3.22. The van der Waals surface area contributed by atoms with Crippen molar-refractivity contribution in [2.24, 2.45) is 0 Å². The first-order valence-corrected chi connectivity index (χ1v) is 2.78. The minimum atomic E-state index is -1.15. The third kappa shape index (κ3) is 0.741. The molecule has 0 aromatic rings. The molecule has 5 heteroatoms. The molecule has 0 atom stereocenters. The van der Waals surface area contributed by atoms with Crippen molar-refractivity contribution in [3.05, 3.63) is 22.7 Å². The predicted octanol–water partition coefficient (Wildman–Crippen LogP) is -0.596. The number of rotatable bonds is 0. The SMILES string of the molecule is [C-]#[N+]C(C#N)=C1C(=O)C(=O)C1=O. The number of Topliss-reactive ketones (excluding diaryl/α,β-unsaturated/α-hetero) is 3. The lowest BCUT2D eigenvalue weighted by Crippen LogP contribution is -2.42. The van der Waals surface area contributed by atoms with E-state index in [2.05, 4.69) is 4.85 Å². The number of carbonyl (C=O) groups is 3. The van der Waals surface area contributed by atoms with Crippen LogP contribution in [0.5, 0.6) is 0 Å². The largest absolute Gasteiger partial charge is 0.286 e. The molecule has 1 aliphatic rings. The van der Waals surface area contributed by atoms with Gasteiger partial charge in [0.15, 0.2) is 0 Å². The number of hydrogen-bond donors (Lipinski definition) is 0. The maximum absolute atomic E-state index is 10.6. The van der Waals surface area contributed by atoms with Crippen LogP contribution >= 0.6 is 0 Å². The van der Waals surface area contributed by atoms with Crippen LogP contribution in [0.15, 0.2) is 11.3 Å². The van der Waals surface area contributed by atoms with Crippen LogP contribution in [0.4, 0.5) is 0 Å². The topological polar surface area (TPSA) is 79.4 Å². The molecule has 0 saturated heterocycles. The van der Waals surface area contributed by atoms with Crippen molar-refractivity contribution in [1.29, 1.82) is 5.26 Å². The van der Waals surface area contributed by atoms with E-state index >= 15 is 0 Å². The molecule has 1 saturated carbocycles. The number of carbonyl (C=O) groups excluding carboxylic acids is 3. The third-order valence-corrected chi connectivity index (χ3v) is 1.32. The van der Waals surface area contributed by atoms with Gasteiger partial charge in [-0.3, -0.25) is 14.4 Å². The minimum Gasteiger partial charge on any atom is -0.286 e. The summed E-state index contributed by atoms with van der Waals surface area (Å²) in [6.45, 7) is 6.40. The minimum absolute atomic E-state index is 0.572. The first kappa shape index (κ1) is 7.83. The highest BCUT2D eigenvalue weighted by Gasteiger charge is 2.44. The Kier molecular flexibility index (Phi) is 1.57. The monoisotopic (exact) mass is 160 g/mol. The van der Waals surface area contributed by atoms with Crippen LogP contribution in [0.25, 0.3) is 4.85 Å². The molecule has 0 aromatic carbocycles. The normalized spacial score (nSPS) is 14.8. The Hall–Kier alpha value is -2.27. The highest BCUT2D eigenvalue weighted by atomic mass is 16.2. The molecular weight excluding hydrogens is 160 g/mol. The standard InChI is InChI=1S/C7N2O3/c1-9-3(2-8)4-5(10)7(12)6(4)11. The van der Waals surface area contributed by atoms with E-state index in [0.717, 1.165) is 0 Å². The van der Waals surface area contributed by atoms with E-state index in [-0.39, 0.29) is 0 Å². The molecule has 1 aliphatic carbocycles. The van der Waals surface area contributed by atoms with Crippen molar-refractivity contribution >= 4 is 17.3 Å². The van der Waals surface area contributed by atoms with Crippen LogP contribution in [0.2, 0.25) is 0 Å². The molecule has 56 valence electrons. The fraction of sp³-hybridized carbons (Fsp3) is 0. The molecule has 0 bridgehead atoms. The molecule has 0 unspecified atom stereocenters. The molecule has 1 rings (SSSR count). The van der Waals surface area contributed by atoms with Crippen molar-refractivity contribution in [2.45, 2.75) is 0 Å². The van der Waals surface area contributed by atoms with Crippen LogP contribution < -0.4 is 0 Å². The first-order valence-electron chi connectivity index (χ1n) is 2.78. The van der Waals surface area contributed by atoms with Crippen LogP contribution in [-0.4, -0.2) is 17.3 Å². The van der Waals surface area contributed by atoms with Gasteiger partial charge >= 0.3 is 0 Å². The van der Waals surface area contributed by atoms with Crippen LogP contribution in [0, 0.1) is 17.9 Å². The zero-order valence-electron chi connectivity index (χ0n) is 5.62. The fourth-order valence-corrected chi connectivity index (χ4v) is 0.723. The highest BCUT2D eigenvalue weighted by Crippen LogP contribution is 2.18. The number of allylic oxidation sites excluding steroid dienone is 2. The lowest BCUT2D eigenvalue weighted by Gasteiger charge is -2.10. The van der Waals surface area contributed by atoms with Gasteiger partial charge in [-0.1, -0.05) is 0 Å². The summed E-state index contributed by atoms with van der Waals surface area (Å²) < 4.78 is 0. The number of ketones is 3. The van der Waals surface area contributed by atoms with E-state index in [0.29, 0.717) is 0 Å². The molecule has 0 heterocycles. The van der Waals surface area contributed by atoms with Gasteiger partial charge < -0.3 is 0 Å². The summed E-state index contributed by atoms with van der Waals surface area (Å²) in [5, 5.41) is 8.25. The van der Waals surface area contributed by atoms with Gasteiger partial charge in [0, 0.05) is 0 Å². The van der Waals surface area contributed by atoms with Crippen molar-refractivity contribution in [2.75, 3.05) is 0 Å². The Morgan fingerprint density at radius 1 is 1.25 bits per heavy atom. The average Bonchev–Trinajstić information content (AvgIpc) is 2.12. The van der Waals surface area contributed by atoms with Crippen molar-refractivity contribution < 1.29 is 14.4 Å². The molecule has 0 spiro atoms. The number of nitriles is 1. The average molecular weight is 160 g/mol. The summed E-state index contributed by atoms with van der Waals surface area (Å²) in [7, 11) is 0. The molecular formula is C7N2O3. The lowest BCUT2D eigenvalue weighted by atomic mass is 9.86. The third-order valence-electron chi connectivity index (χ3n) is 1.32. The van der Waals surface area contributed by atoms with Gasteiger partial charge in [-0.05, 0) is 0 Å². The second-order valence-electron chi connectivity index (χ2n) is 1.93. The molecule has 1 fully saturated rings. The Balaban J connectivity index is 3.27. The van der Waals surface area contributed by atoms with E-state index in [9.17, 15) is 14.4 Å². The van der Waals surface area contributed by atoms with Gasteiger partial charge in [0.05, 0.1) is 18.2 Å². The van der Waals surface area contributed by atoms with Gasteiger partial charge in [0.25, 0.3) is 11.5 Å². The Morgan fingerprint density at radius 2 is 1.75 bits per heavy atom. The maximum atomic E-state index is 10.6. The van der Waals surface area contributed by atoms with Gasteiger partial charge in [0.2, 0.25) is 11.6 Å². The van der Waals surface area contributed by atoms with Crippen LogP contribution in [0.1, 0.15) is 0 Å². The number of nitrogens with zero attached hydrogens (tertiary/aromatic N) is 2. The summed E-state index contributed by atoms with van der Waals surface area (Å²) in [6.07, 6.45) is 0. The Bertz CT molecular complexity index is 381. The second kappa shape index (κ2) is 2.40. The van der Waals surface area contributed by atoms with E-state index in [1.807, 2.05) is 0 Å². The molecule has 0 aliphatic heterocycles. The Labute approximate surface area is 66.7 Å². The van der Waals surface area contributed by atoms with E-state index in [1.54, 1.807) is 0 Å². The van der Waals surface area contributed by atoms with E-state index in [1.165, 1.54) is 6.07 Å². The summed E-state index contributed by atoms with van der Waals surface area (Å²) in [5.41, 5.74) is -1.18. The first-order chi connectivity index (χ1) is 5.63. The number of hydrogen-bond acceptors (Lipinski definition) is 4. The van der Waals surface area contributed by atoms with Crippen LogP contribution in [-0.2, 0) is 14.4 Å². The van der Waals surface area contributed by atoms with Gasteiger partial charge in [-0.25, -0.2) is 10.1 Å². The fourth-order valence-electron chi connectivity index (χ4n) is 0.723. The van der Waals surface area contributed by atoms with E-state index in [4.69, 9.17) is 11.8 Å². The van der Waals surface area contributed by atoms with Gasteiger partial charge in [-0.15, -0.1) is 0 Å². The molecule has 0 radical (unpaired) electrons. The molecule has 0 aromatic heterocycles. The van der Waals surface area contributed by atoms with Crippen LogP contribution in [0.3, 0.4) is 0 Å². The summed E-state index contributed by atoms with van der Waals surface area (Å²) in [4.78, 5) is 34.2. The molecule has 5 nitrogen and oxygen atoms in total. The summed E-state index contributed by atoms with van der Waals surface area (Å²) in [6, 6.07) is 1.37. The molecule has 12 heavy (non-hydrogen) atoms. The molecule has 0 amide bonds. The van der Waals surface area contributed by atoms with Gasteiger partial charge in [0.1, 0.15) is 0 Å². The summed E-state index contributed by atoms with van der Waals surface area (Å²) >= 11 is 0. The van der Waals surface area contributed by atoms with Crippen molar-refractivity contribution in [3.63, 3.8) is 0 Å². The van der Waals surface area contributed by atoms with Crippen molar-refractivity contribution in [3.8, 4) is 6.07 Å². The zero-order chi connectivity index (χ0) is 9.30. The van der Waals surface area contributed by atoms with Gasteiger partial charge in [-0.2, -0.15) is 0 Å².